The number of hydrogen-bond acceptors (Lipinski definition) is 3. The largest absolute Gasteiger partial charge is 0.435 e. The zero-order valence-corrected chi connectivity index (χ0v) is 13.3. The fourth-order valence-electron chi connectivity index (χ4n) is 2.91. The van der Waals surface area contributed by atoms with E-state index in [-0.39, 0.29) is 6.04 Å². The van der Waals surface area contributed by atoms with Crippen LogP contribution in [0, 0.1) is 0 Å². The maximum Gasteiger partial charge on any atom is 0.435 e. The van der Waals surface area contributed by atoms with Gasteiger partial charge in [-0.3, -0.25) is 14.3 Å². The smallest absolute Gasteiger partial charge is 0.295 e. The minimum atomic E-state index is -4.40. The van der Waals surface area contributed by atoms with E-state index in [2.05, 4.69) is 15.1 Å². The highest BCUT2D eigenvalue weighted by Gasteiger charge is 2.34. The second-order valence-corrected chi connectivity index (χ2v) is 6.18. The summed E-state index contributed by atoms with van der Waals surface area (Å²) in [7, 11) is 1.83. The van der Waals surface area contributed by atoms with E-state index in [9.17, 15) is 13.2 Å². The third kappa shape index (κ3) is 3.53. The highest BCUT2D eigenvalue weighted by Crippen LogP contribution is 2.29. The molecule has 0 radical (unpaired) electrons. The second kappa shape index (κ2) is 6.16. The number of hydrogen-bond donors (Lipinski definition) is 0. The van der Waals surface area contributed by atoms with E-state index in [1.807, 2.05) is 7.05 Å². The van der Waals surface area contributed by atoms with Gasteiger partial charge in [-0.1, -0.05) is 11.6 Å². The summed E-state index contributed by atoms with van der Waals surface area (Å²) in [6.45, 7) is 2.14. The summed E-state index contributed by atoms with van der Waals surface area (Å²) >= 11 is 6.12. The molecule has 0 N–H and O–H groups in total. The Morgan fingerprint density at radius 3 is 2.78 bits per heavy atom. The average Bonchev–Trinajstić information content (AvgIpc) is 3.10. The maximum absolute atomic E-state index is 12.7. The van der Waals surface area contributed by atoms with Crippen LogP contribution in [0.3, 0.4) is 0 Å². The maximum atomic E-state index is 12.7. The molecule has 5 nitrogen and oxygen atoms in total. The highest BCUT2D eigenvalue weighted by atomic mass is 35.5. The molecule has 0 aliphatic carbocycles. The molecule has 1 aliphatic rings. The number of nitrogens with zero attached hydrogens (tertiary/aromatic N) is 5. The third-order valence-corrected chi connectivity index (χ3v) is 4.45. The summed E-state index contributed by atoms with van der Waals surface area (Å²) in [5, 5.41) is 8.40. The van der Waals surface area contributed by atoms with Crippen LogP contribution in [0.4, 0.5) is 13.2 Å². The van der Waals surface area contributed by atoms with Gasteiger partial charge in [0, 0.05) is 26.3 Å². The lowest BCUT2D eigenvalue weighted by atomic mass is 10.1. The molecule has 0 spiro atoms. The summed E-state index contributed by atoms with van der Waals surface area (Å²) in [5.41, 5.74) is 0.0630. The van der Waals surface area contributed by atoms with Crippen molar-refractivity contribution in [3.05, 3.63) is 34.9 Å². The first-order chi connectivity index (χ1) is 10.8. The Balaban J connectivity index is 1.70. The van der Waals surface area contributed by atoms with Crippen molar-refractivity contribution in [3.63, 3.8) is 0 Å². The topological polar surface area (TPSA) is 38.9 Å². The Morgan fingerprint density at radius 1 is 1.39 bits per heavy atom. The van der Waals surface area contributed by atoms with E-state index in [4.69, 9.17) is 11.6 Å². The van der Waals surface area contributed by atoms with Gasteiger partial charge in [-0.05, 0) is 25.5 Å². The zero-order valence-electron chi connectivity index (χ0n) is 12.6. The van der Waals surface area contributed by atoms with E-state index in [1.165, 1.54) is 10.9 Å². The van der Waals surface area contributed by atoms with Crippen LogP contribution in [0.5, 0.6) is 0 Å². The van der Waals surface area contributed by atoms with Crippen molar-refractivity contribution < 1.29 is 13.2 Å². The molecule has 9 heteroatoms. The molecule has 1 saturated heterocycles. The minimum absolute atomic E-state index is 0.0631. The van der Waals surface area contributed by atoms with E-state index < -0.39 is 11.9 Å². The Morgan fingerprint density at radius 2 is 2.17 bits per heavy atom. The van der Waals surface area contributed by atoms with Crippen LogP contribution >= 0.6 is 11.6 Å². The quantitative estimate of drug-likeness (QED) is 0.856. The highest BCUT2D eigenvalue weighted by molar-refractivity contribution is 6.31. The number of halogens is 4. The van der Waals surface area contributed by atoms with Crippen LogP contribution in [-0.4, -0.2) is 37.6 Å². The van der Waals surface area contributed by atoms with E-state index in [0.29, 0.717) is 18.1 Å². The molecule has 2 aromatic rings. The van der Waals surface area contributed by atoms with Crippen molar-refractivity contribution in [2.75, 3.05) is 13.1 Å². The molecule has 23 heavy (non-hydrogen) atoms. The summed E-state index contributed by atoms with van der Waals surface area (Å²) in [6.07, 6.45) is 0.327. The molecular weight excluding hydrogens is 331 g/mol. The van der Waals surface area contributed by atoms with Gasteiger partial charge in [0.25, 0.3) is 0 Å². The van der Waals surface area contributed by atoms with Crippen molar-refractivity contribution in [2.45, 2.75) is 31.6 Å². The molecule has 0 amide bonds. The standard InChI is InChI=1S/C14H17ClF3N5/c1-21-12(11(15)7-19-21)9-22-5-2-3-10(8-22)23-6-4-13(20-23)14(16,17)18/h4,6-7,10H,2-3,5,8-9H2,1H3/t10-/m0/s1. The Kier molecular flexibility index (Phi) is 4.37. The van der Waals surface area contributed by atoms with Gasteiger partial charge in [0.05, 0.1) is 23.0 Å². The van der Waals surface area contributed by atoms with Crippen LogP contribution in [0.1, 0.15) is 30.3 Å². The van der Waals surface area contributed by atoms with Gasteiger partial charge in [-0.15, -0.1) is 0 Å². The zero-order chi connectivity index (χ0) is 16.6. The van der Waals surface area contributed by atoms with Crippen LogP contribution in [0.2, 0.25) is 5.02 Å². The Bertz CT molecular complexity index is 659. The van der Waals surface area contributed by atoms with Gasteiger partial charge < -0.3 is 0 Å². The molecule has 0 saturated carbocycles. The lowest BCUT2D eigenvalue weighted by Gasteiger charge is -2.32. The molecule has 3 rings (SSSR count). The van der Waals surface area contributed by atoms with Crippen LogP contribution in [0.25, 0.3) is 0 Å². The fourth-order valence-corrected chi connectivity index (χ4v) is 3.13. The predicted octanol–water partition coefficient (Wildman–Crippen LogP) is 3.13. The Hall–Kier alpha value is -1.54. The van der Waals surface area contributed by atoms with Crippen molar-refractivity contribution in [3.8, 4) is 0 Å². The molecule has 1 aliphatic heterocycles. The van der Waals surface area contributed by atoms with E-state index in [0.717, 1.165) is 31.1 Å². The van der Waals surface area contributed by atoms with Crippen molar-refractivity contribution in [1.29, 1.82) is 0 Å². The Labute approximate surface area is 136 Å². The number of alkyl halides is 3. The summed E-state index contributed by atoms with van der Waals surface area (Å²) in [6, 6.07) is 0.962. The first-order valence-electron chi connectivity index (χ1n) is 7.35. The molecule has 126 valence electrons. The number of aryl methyl sites for hydroxylation is 1. The minimum Gasteiger partial charge on any atom is -0.295 e. The molecular formula is C14H17ClF3N5. The molecule has 0 aromatic carbocycles. The van der Waals surface area contributed by atoms with Crippen LogP contribution in [0.15, 0.2) is 18.5 Å². The summed E-state index contributed by atoms with van der Waals surface area (Å²) in [4.78, 5) is 2.17. The van der Waals surface area contributed by atoms with Crippen LogP contribution < -0.4 is 0 Å². The lowest BCUT2D eigenvalue weighted by molar-refractivity contribution is -0.141. The van der Waals surface area contributed by atoms with Crippen molar-refractivity contribution in [1.82, 2.24) is 24.5 Å². The third-order valence-electron chi connectivity index (χ3n) is 4.14. The molecule has 3 heterocycles. The molecule has 0 unspecified atom stereocenters. The van der Waals surface area contributed by atoms with Gasteiger partial charge in [0.2, 0.25) is 0 Å². The van der Waals surface area contributed by atoms with Gasteiger partial charge in [0.15, 0.2) is 5.69 Å². The first kappa shape index (κ1) is 16.3. The molecule has 1 atom stereocenters. The lowest BCUT2D eigenvalue weighted by Crippen LogP contribution is -2.37. The number of aromatic nitrogens is 4. The SMILES string of the molecule is Cn1ncc(Cl)c1CN1CCC[C@H](n2ccc(C(F)(F)F)n2)C1. The second-order valence-electron chi connectivity index (χ2n) is 5.77. The molecule has 0 bridgehead atoms. The van der Waals surface area contributed by atoms with Gasteiger partial charge in [-0.2, -0.15) is 23.4 Å². The fraction of sp³-hybridized carbons (Fsp3) is 0.571. The normalized spacial score (nSPS) is 20.1. The molecule has 1 fully saturated rings. The van der Waals surface area contributed by atoms with Crippen molar-refractivity contribution in [2.24, 2.45) is 7.05 Å². The van der Waals surface area contributed by atoms with Gasteiger partial charge in [0.1, 0.15) is 0 Å². The van der Waals surface area contributed by atoms with E-state index >= 15 is 0 Å². The van der Waals surface area contributed by atoms with Crippen molar-refractivity contribution >= 4 is 11.6 Å². The number of piperidine rings is 1. The van der Waals surface area contributed by atoms with Gasteiger partial charge in [-0.25, -0.2) is 0 Å². The van der Waals surface area contributed by atoms with Crippen LogP contribution in [-0.2, 0) is 19.8 Å². The predicted molar refractivity (Wildman–Crippen MR) is 79.0 cm³/mol. The van der Waals surface area contributed by atoms with Gasteiger partial charge >= 0.3 is 6.18 Å². The summed E-state index contributed by atoms with van der Waals surface area (Å²) < 4.78 is 41.2. The number of likely N-dealkylation sites (tertiary alicyclic amines) is 1. The average molecular weight is 348 g/mol. The summed E-state index contributed by atoms with van der Waals surface area (Å²) in [5.74, 6) is 0. The molecule has 2 aromatic heterocycles. The van der Waals surface area contributed by atoms with E-state index in [1.54, 1.807) is 10.9 Å². The number of rotatable bonds is 3. The monoisotopic (exact) mass is 347 g/mol. The first-order valence-corrected chi connectivity index (χ1v) is 7.73.